The zero-order valence-corrected chi connectivity index (χ0v) is 12.6. The summed E-state index contributed by atoms with van der Waals surface area (Å²) >= 11 is 0. The van der Waals surface area contributed by atoms with Gasteiger partial charge in [-0.3, -0.25) is 14.9 Å². The van der Waals surface area contributed by atoms with Gasteiger partial charge in [-0.15, -0.1) is 0 Å². The highest BCUT2D eigenvalue weighted by Gasteiger charge is 2.22. The smallest absolute Gasteiger partial charge is 0.320 e. The Balaban J connectivity index is 2.22. The summed E-state index contributed by atoms with van der Waals surface area (Å²) in [5.74, 6) is -1.15. The fourth-order valence-electron chi connectivity index (χ4n) is 2.79. The van der Waals surface area contributed by atoms with Crippen molar-refractivity contribution in [2.45, 2.75) is 12.5 Å². The molecule has 7 heteroatoms. The van der Waals surface area contributed by atoms with E-state index in [1.807, 2.05) is 30.3 Å². The number of hydrogen-bond acceptors (Lipinski definition) is 4. The van der Waals surface area contributed by atoms with Crippen molar-refractivity contribution < 1.29 is 14.8 Å². The van der Waals surface area contributed by atoms with Gasteiger partial charge in [0.1, 0.15) is 6.04 Å². The highest BCUT2D eigenvalue weighted by atomic mass is 16.6. The number of aromatic nitrogens is 1. The number of rotatable bonds is 5. The molecule has 1 aromatic heterocycles. The molecule has 24 heavy (non-hydrogen) atoms. The summed E-state index contributed by atoms with van der Waals surface area (Å²) in [7, 11) is 0. The van der Waals surface area contributed by atoms with Crippen molar-refractivity contribution in [2.75, 3.05) is 0 Å². The lowest BCUT2D eigenvalue weighted by Crippen LogP contribution is -2.32. The molecule has 1 unspecified atom stereocenters. The maximum absolute atomic E-state index is 11.4. The molecule has 2 aromatic carbocycles. The van der Waals surface area contributed by atoms with Crippen LogP contribution in [0.2, 0.25) is 0 Å². The predicted molar refractivity (Wildman–Crippen MR) is 89.7 cm³/mol. The number of nitrogens with two attached hydrogens (primary N) is 1. The second-order valence-corrected chi connectivity index (χ2v) is 5.47. The van der Waals surface area contributed by atoms with Gasteiger partial charge in [0.25, 0.3) is 5.69 Å². The molecule has 3 rings (SSSR count). The summed E-state index contributed by atoms with van der Waals surface area (Å²) in [4.78, 5) is 24.9. The quantitative estimate of drug-likeness (QED) is 0.491. The number of fused-ring (bicyclic) bond motifs is 1. The van der Waals surface area contributed by atoms with Gasteiger partial charge in [-0.2, -0.15) is 0 Å². The van der Waals surface area contributed by atoms with Gasteiger partial charge in [0.05, 0.1) is 15.8 Å². The summed E-state index contributed by atoms with van der Waals surface area (Å²) in [6.07, 6.45) is 1.60. The minimum Gasteiger partial charge on any atom is -0.480 e. The number of hydrogen-bond donors (Lipinski definition) is 3. The van der Waals surface area contributed by atoms with Gasteiger partial charge in [0.2, 0.25) is 0 Å². The highest BCUT2D eigenvalue weighted by molar-refractivity contribution is 6.01. The van der Waals surface area contributed by atoms with E-state index in [0.717, 1.165) is 11.1 Å². The maximum Gasteiger partial charge on any atom is 0.320 e. The van der Waals surface area contributed by atoms with Crippen LogP contribution in [0.3, 0.4) is 0 Å². The molecule has 1 atom stereocenters. The largest absolute Gasteiger partial charge is 0.480 e. The molecule has 0 aliphatic rings. The fraction of sp³-hybridized carbons (Fsp3) is 0.118. The molecule has 0 saturated heterocycles. The van der Waals surface area contributed by atoms with Crippen LogP contribution in [0.1, 0.15) is 5.56 Å². The van der Waals surface area contributed by atoms with Gasteiger partial charge >= 0.3 is 5.97 Å². The van der Waals surface area contributed by atoms with E-state index in [2.05, 4.69) is 4.98 Å². The molecular weight excluding hydrogens is 310 g/mol. The number of aliphatic carboxylic acids is 1. The lowest BCUT2D eigenvalue weighted by Gasteiger charge is -2.07. The molecule has 122 valence electrons. The van der Waals surface area contributed by atoms with E-state index in [0.29, 0.717) is 16.5 Å². The average molecular weight is 325 g/mol. The lowest BCUT2D eigenvalue weighted by molar-refractivity contribution is -0.383. The number of H-pyrrole nitrogens is 1. The second-order valence-electron chi connectivity index (χ2n) is 5.47. The number of carboxylic acid groups (broad SMARTS) is 1. The molecule has 0 amide bonds. The Morgan fingerprint density at radius 1 is 1.25 bits per heavy atom. The molecule has 0 aliphatic carbocycles. The van der Waals surface area contributed by atoms with Crippen molar-refractivity contribution >= 4 is 22.6 Å². The molecule has 0 radical (unpaired) electrons. The topological polar surface area (TPSA) is 122 Å². The van der Waals surface area contributed by atoms with Crippen molar-refractivity contribution in [1.29, 1.82) is 0 Å². The molecule has 4 N–H and O–H groups in total. The van der Waals surface area contributed by atoms with Crippen molar-refractivity contribution in [2.24, 2.45) is 5.73 Å². The Labute approximate surface area is 136 Å². The third kappa shape index (κ3) is 2.72. The first kappa shape index (κ1) is 15.7. The van der Waals surface area contributed by atoms with Gasteiger partial charge in [-0.05, 0) is 17.2 Å². The summed E-state index contributed by atoms with van der Waals surface area (Å²) in [6.45, 7) is 0. The minimum atomic E-state index is -1.15. The van der Waals surface area contributed by atoms with E-state index in [1.54, 1.807) is 12.3 Å². The molecule has 7 nitrogen and oxygen atoms in total. The van der Waals surface area contributed by atoms with Crippen LogP contribution in [-0.4, -0.2) is 27.0 Å². The van der Waals surface area contributed by atoms with Gasteiger partial charge in [0, 0.05) is 24.2 Å². The van der Waals surface area contributed by atoms with Crippen LogP contribution in [0.25, 0.3) is 22.0 Å². The SMILES string of the molecule is NC(Cc1c[nH]c2c(-c3ccccc3)ccc([N+](=O)[O-])c12)C(=O)O. The molecule has 0 spiro atoms. The number of carbonyl (C=O) groups is 1. The normalized spacial score (nSPS) is 12.2. The standard InChI is InChI=1S/C17H15N3O4/c18-13(17(21)22)8-11-9-19-16-12(10-4-2-1-3-5-10)6-7-14(15(11)16)20(23)24/h1-7,9,13,19H,8,18H2,(H,21,22). The predicted octanol–water partition coefficient (Wildman–Crippen LogP) is 2.70. The Kier molecular flexibility index (Phi) is 4.01. The van der Waals surface area contributed by atoms with E-state index >= 15 is 0 Å². The third-order valence-electron chi connectivity index (χ3n) is 3.93. The van der Waals surface area contributed by atoms with Gasteiger partial charge in [-0.1, -0.05) is 30.3 Å². The molecular formula is C17H15N3O4. The fourth-order valence-corrected chi connectivity index (χ4v) is 2.79. The van der Waals surface area contributed by atoms with Crippen LogP contribution >= 0.6 is 0 Å². The first-order valence-electron chi connectivity index (χ1n) is 7.30. The number of nitrogens with one attached hydrogen (secondary N) is 1. The van der Waals surface area contributed by atoms with Gasteiger partial charge in [0.15, 0.2) is 0 Å². The monoisotopic (exact) mass is 325 g/mol. The van der Waals surface area contributed by atoms with Crippen LogP contribution < -0.4 is 5.73 Å². The molecule has 1 heterocycles. The summed E-state index contributed by atoms with van der Waals surface area (Å²) in [5.41, 5.74) is 8.36. The first-order chi connectivity index (χ1) is 11.5. The van der Waals surface area contributed by atoms with Crippen LogP contribution in [-0.2, 0) is 11.2 Å². The lowest BCUT2D eigenvalue weighted by atomic mass is 9.98. The molecule has 3 aromatic rings. The number of non-ortho nitro benzene ring substituents is 1. The number of carboxylic acids is 1. The van der Waals surface area contributed by atoms with Gasteiger partial charge in [-0.25, -0.2) is 0 Å². The van der Waals surface area contributed by atoms with Crippen LogP contribution in [0.4, 0.5) is 5.69 Å². The van der Waals surface area contributed by atoms with Crippen molar-refractivity contribution in [3.63, 3.8) is 0 Å². The number of benzene rings is 2. The summed E-state index contributed by atoms with van der Waals surface area (Å²) < 4.78 is 0. The Bertz CT molecular complexity index is 918. The average Bonchev–Trinajstić information content (AvgIpc) is 2.98. The molecule has 0 aliphatic heterocycles. The van der Waals surface area contributed by atoms with Crippen molar-refractivity contribution in [1.82, 2.24) is 4.98 Å². The minimum absolute atomic E-state index is 0.00835. The van der Waals surface area contributed by atoms with Crippen molar-refractivity contribution in [3.8, 4) is 11.1 Å². The number of aromatic amines is 1. The molecule has 0 bridgehead atoms. The number of nitro benzene ring substituents is 1. The Morgan fingerprint density at radius 2 is 1.96 bits per heavy atom. The molecule has 0 saturated carbocycles. The zero-order chi connectivity index (χ0) is 17.3. The summed E-state index contributed by atoms with van der Waals surface area (Å²) in [5, 5.41) is 20.8. The highest BCUT2D eigenvalue weighted by Crippen LogP contribution is 2.36. The van der Waals surface area contributed by atoms with E-state index in [4.69, 9.17) is 10.8 Å². The maximum atomic E-state index is 11.4. The zero-order valence-electron chi connectivity index (χ0n) is 12.6. The van der Waals surface area contributed by atoms with Crippen LogP contribution in [0.15, 0.2) is 48.7 Å². The summed E-state index contributed by atoms with van der Waals surface area (Å²) in [6, 6.07) is 11.5. The van der Waals surface area contributed by atoms with E-state index < -0.39 is 16.9 Å². The third-order valence-corrected chi connectivity index (χ3v) is 3.93. The van der Waals surface area contributed by atoms with Crippen molar-refractivity contribution in [3.05, 3.63) is 64.3 Å². The first-order valence-corrected chi connectivity index (χ1v) is 7.30. The van der Waals surface area contributed by atoms with E-state index in [9.17, 15) is 14.9 Å². The van der Waals surface area contributed by atoms with E-state index in [-0.39, 0.29) is 12.1 Å². The van der Waals surface area contributed by atoms with Gasteiger partial charge < -0.3 is 15.8 Å². The number of nitro groups is 1. The molecule has 0 fully saturated rings. The van der Waals surface area contributed by atoms with Crippen LogP contribution in [0, 0.1) is 10.1 Å². The number of nitrogens with zero attached hydrogens (tertiary/aromatic N) is 1. The second kappa shape index (κ2) is 6.13. The van der Waals surface area contributed by atoms with E-state index in [1.165, 1.54) is 6.07 Å². The Hall–Kier alpha value is -3.19. The van der Waals surface area contributed by atoms with Crippen LogP contribution in [0.5, 0.6) is 0 Å². The Morgan fingerprint density at radius 3 is 2.58 bits per heavy atom.